The van der Waals surface area contributed by atoms with Crippen LogP contribution in [0.15, 0.2) is 24.3 Å². The van der Waals surface area contributed by atoms with Gasteiger partial charge in [-0.3, -0.25) is 5.41 Å². The van der Waals surface area contributed by atoms with Gasteiger partial charge in [0.2, 0.25) is 11.7 Å². The van der Waals surface area contributed by atoms with Crippen molar-refractivity contribution in [1.29, 1.82) is 21.2 Å². The fraction of sp³-hybridized carbons (Fsp3) is 0.630. The third-order valence-electron chi connectivity index (χ3n) is 7.77. The van der Waals surface area contributed by atoms with Crippen LogP contribution < -0.4 is 4.74 Å². The number of hydrogen-bond donors (Lipinski definition) is 1. The summed E-state index contributed by atoms with van der Waals surface area (Å²) in [4.78, 5) is 0. The minimum atomic E-state index is -1.83. The third-order valence-corrected chi connectivity index (χ3v) is 7.77. The van der Waals surface area contributed by atoms with Crippen molar-refractivity contribution in [2.24, 2.45) is 16.7 Å². The molecule has 1 saturated carbocycles. The molecule has 0 amide bonds. The Kier molecular flexibility index (Phi) is 6.83. The van der Waals surface area contributed by atoms with Crippen LogP contribution in [-0.2, 0) is 9.47 Å². The lowest BCUT2D eigenvalue weighted by Crippen LogP contribution is -2.73. The lowest BCUT2D eigenvalue weighted by molar-refractivity contribution is -0.360. The minimum absolute atomic E-state index is 0.337. The van der Waals surface area contributed by atoms with Crippen LogP contribution in [0.4, 0.5) is 0 Å². The van der Waals surface area contributed by atoms with E-state index < -0.39 is 28.6 Å². The molecule has 2 bridgehead atoms. The van der Waals surface area contributed by atoms with E-state index in [0.717, 1.165) is 31.4 Å². The maximum atomic E-state index is 10.4. The highest BCUT2D eigenvalue weighted by molar-refractivity contribution is 5.89. The van der Waals surface area contributed by atoms with Gasteiger partial charge in [0, 0.05) is 6.42 Å². The van der Waals surface area contributed by atoms with Crippen molar-refractivity contribution in [2.75, 3.05) is 6.61 Å². The molecule has 0 unspecified atom stereocenters. The summed E-state index contributed by atoms with van der Waals surface area (Å²) in [6.07, 6.45) is 8.88. The first-order valence-electron chi connectivity index (χ1n) is 12.5. The van der Waals surface area contributed by atoms with Crippen molar-refractivity contribution in [3.8, 4) is 24.0 Å². The van der Waals surface area contributed by atoms with Gasteiger partial charge in [-0.2, -0.15) is 15.8 Å². The molecule has 3 aliphatic heterocycles. The molecule has 4 aliphatic rings. The van der Waals surface area contributed by atoms with Crippen LogP contribution in [-0.4, -0.2) is 18.3 Å². The lowest BCUT2D eigenvalue weighted by Gasteiger charge is -2.63. The first kappa shape index (κ1) is 24.1. The van der Waals surface area contributed by atoms with Gasteiger partial charge in [-0.15, -0.1) is 0 Å². The first-order valence-corrected chi connectivity index (χ1v) is 12.5. The van der Waals surface area contributed by atoms with Crippen LogP contribution in [0, 0.1) is 56.2 Å². The van der Waals surface area contributed by atoms with Crippen molar-refractivity contribution < 1.29 is 14.2 Å². The highest BCUT2D eigenvalue weighted by Gasteiger charge is 2.80. The molecule has 0 radical (unpaired) electrons. The summed E-state index contributed by atoms with van der Waals surface area (Å²) >= 11 is 0. The largest absolute Gasteiger partial charge is 0.494 e. The zero-order valence-corrected chi connectivity index (χ0v) is 19.8. The molecule has 34 heavy (non-hydrogen) atoms. The normalized spacial score (nSPS) is 30.8. The molecule has 7 nitrogen and oxygen atoms in total. The van der Waals surface area contributed by atoms with Crippen molar-refractivity contribution in [1.82, 2.24) is 0 Å². The quantitative estimate of drug-likeness (QED) is 0.455. The van der Waals surface area contributed by atoms with E-state index in [1.54, 1.807) is 0 Å². The van der Waals surface area contributed by atoms with E-state index in [1.165, 1.54) is 25.7 Å². The van der Waals surface area contributed by atoms with E-state index >= 15 is 0 Å². The molecule has 1 aliphatic carbocycles. The van der Waals surface area contributed by atoms with Crippen molar-refractivity contribution >= 4 is 5.90 Å². The topological polar surface area (TPSA) is 123 Å². The van der Waals surface area contributed by atoms with Gasteiger partial charge < -0.3 is 14.2 Å². The standard InChI is InChI=1S/C27H32N4O3/c1-2-3-4-5-6-9-16-32-21-13-11-20(12-14-21)23-26(19-30)24(31)34-27(33-23)15-8-7-10-22(27)25(26,17-28)18-29/h11-14,22-23,31H,2-10,15-16H2,1H3/t22-,23+,26-,27+/m1/s1. The number of ether oxygens (including phenoxy) is 3. The number of rotatable bonds is 9. The molecule has 0 aromatic heterocycles. The fourth-order valence-electron chi connectivity index (χ4n) is 5.95. The van der Waals surface area contributed by atoms with Crippen molar-refractivity contribution in [3.63, 3.8) is 0 Å². The molecule has 1 aromatic rings. The third kappa shape index (κ3) is 3.53. The molecule has 3 saturated heterocycles. The highest BCUT2D eigenvalue weighted by Crippen LogP contribution is 2.69. The molecule has 4 atom stereocenters. The molecule has 3 heterocycles. The zero-order chi connectivity index (χ0) is 24.2. The number of unbranched alkanes of at least 4 members (excludes halogenated alkanes) is 5. The van der Waals surface area contributed by atoms with Crippen LogP contribution in [0.1, 0.15) is 82.8 Å². The Labute approximate surface area is 201 Å². The number of nitriles is 3. The summed E-state index contributed by atoms with van der Waals surface area (Å²) in [5.41, 5.74) is -2.91. The summed E-state index contributed by atoms with van der Waals surface area (Å²) in [5, 5.41) is 39.5. The second kappa shape index (κ2) is 9.65. The number of fused-ring (bicyclic) bond motifs is 2. The molecule has 4 fully saturated rings. The maximum Gasteiger partial charge on any atom is 0.218 e. The SMILES string of the molecule is CCCCCCCCOc1ccc([C@@H]2O[C@]34CCCC[C@@H]3C(C#N)(C#N)[C@@]2(C#N)C(=N)O4)cc1. The average molecular weight is 461 g/mol. The Morgan fingerprint density at radius 1 is 1.00 bits per heavy atom. The number of hydrogen-bond acceptors (Lipinski definition) is 7. The van der Waals surface area contributed by atoms with E-state index in [0.29, 0.717) is 25.0 Å². The summed E-state index contributed by atoms with van der Waals surface area (Å²) in [6, 6.07) is 13.8. The Bertz CT molecular complexity index is 1020. The molecule has 7 heteroatoms. The summed E-state index contributed by atoms with van der Waals surface area (Å²) in [5.74, 6) is -1.42. The van der Waals surface area contributed by atoms with Crippen LogP contribution in [0.3, 0.4) is 0 Å². The highest BCUT2D eigenvalue weighted by atomic mass is 16.7. The van der Waals surface area contributed by atoms with Crippen molar-refractivity contribution in [2.45, 2.75) is 83.0 Å². The van der Waals surface area contributed by atoms with Gasteiger partial charge in [0.15, 0.2) is 10.8 Å². The van der Waals surface area contributed by atoms with Crippen LogP contribution in [0.2, 0.25) is 0 Å². The molecule has 1 N–H and O–H groups in total. The number of nitrogens with one attached hydrogen (secondary N) is 1. The monoisotopic (exact) mass is 460 g/mol. The van der Waals surface area contributed by atoms with E-state index in [4.69, 9.17) is 19.6 Å². The Hall–Kier alpha value is -3.08. The Morgan fingerprint density at radius 3 is 2.38 bits per heavy atom. The van der Waals surface area contributed by atoms with Gasteiger partial charge in [-0.25, -0.2) is 0 Å². The Morgan fingerprint density at radius 2 is 1.71 bits per heavy atom. The average Bonchev–Trinajstić information content (AvgIpc) is 2.87. The van der Waals surface area contributed by atoms with Gasteiger partial charge in [0.25, 0.3) is 0 Å². The van der Waals surface area contributed by atoms with Gasteiger partial charge in [-0.1, -0.05) is 57.6 Å². The Balaban J connectivity index is 1.56. The minimum Gasteiger partial charge on any atom is -0.494 e. The lowest BCUT2D eigenvalue weighted by atomic mass is 9.48. The summed E-state index contributed by atoms with van der Waals surface area (Å²) < 4.78 is 18.2. The maximum absolute atomic E-state index is 10.4. The predicted molar refractivity (Wildman–Crippen MR) is 124 cm³/mol. The first-order chi connectivity index (χ1) is 16.5. The molecular formula is C27H32N4O3. The van der Waals surface area contributed by atoms with Crippen molar-refractivity contribution in [3.05, 3.63) is 29.8 Å². The van der Waals surface area contributed by atoms with E-state index in [1.807, 2.05) is 24.3 Å². The second-order valence-corrected chi connectivity index (χ2v) is 9.68. The molecule has 178 valence electrons. The smallest absolute Gasteiger partial charge is 0.218 e. The predicted octanol–water partition coefficient (Wildman–Crippen LogP) is 5.93. The van der Waals surface area contributed by atoms with Gasteiger partial charge in [0.1, 0.15) is 11.9 Å². The number of nitrogens with zero attached hydrogens (tertiary/aromatic N) is 3. The van der Waals surface area contributed by atoms with E-state index in [2.05, 4.69) is 25.1 Å². The summed E-state index contributed by atoms with van der Waals surface area (Å²) in [6.45, 7) is 2.85. The van der Waals surface area contributed by atoms with Crippen LogP contribution >= 0.6 is 0 Å². The second-order valence-electron chi connectivity index (χ2n) is 9.68. The van der Waals surface area contributed by atoms with Gasteiger partial charge in [0.05, 0.1) is 30.7 Å². The van der Waals surface area contributed by atoms with E-state index in [-0.39, 0.29) is 5.90 Å². The zero-order valence-electron chi connectivity index (χ0n) is 19.8. The van der Waals surface area contributed by atoms with Gasteiger partial charge >= 0.3 is 0 Å². The van der Waals surface area contributed by atoms with E-state index in [9.17, 15) is 15.8 Å². The summed E-state index contributed by atoms with van der Waals surface area (Å²) in [7, 11) is 0. The fourth-order valence-corrected chi connectivity index (χ4v) is 5.95. The molecule has 1 spiro atoms. The van der Waals surface area contributed by atoms with Gasteiger partial charge in [-0.05, 0) is 37.0 Å². The molecule has 5 rings (SSSR count). The number of benzene rings is 1. The van der Waals surface area contributed by atoms with Crippen LogP contribution in [0.5, 0.6) is 5.75 Å². The molecule has 1 aromatic carbocycles. The molecular weight excluding hydrogens is 428 g/mol. The van der Waals surface area contributed by atoms with Crippen LogP contribution in [0.25, 0.3) is 0 Å².